The number of hydrogen-bond acceptors (Lipinski definition) is 3. The Morgan fingerprint density at radius 3 is 2.93 bits per heavy atom. The van der Waals surface area contributed by atoms with Crippen molar-refractivity contribution in [3.05, 3.63) is 12.3 Å². The van der Waals surface area contributed by atoms with Crippen LogP contribution in [0.5, 0.6) is 0 Å². The quantitative estimate of drug-likeness (QED) is 0.677. The summed E-state index contributed by atoms with van der Waals surface area (Å²) in [6.07, 6.45) is 3.71. The van der Waals surface area contributed by atoms with Crippen LogP contribution in [0.3, 0.4) is 0 Å². The van der Waals surface area contributed by atoms with Crippen molar-refractivity contribution in [2.24, 2.45) is 0 Å². The Morgan fingerprint density at radius 1 is 1.64 bits per heavy atom. The third-order valence-electron chi connectivity index (χ3n) is 2.20. The molecule has 4 nitrogen and oxygen atoms in total. The Kier molecular flexibility index (Phi) is 3.68. The molecule has 0 unspecified atom stereocenters. The van der Waals surface area contributed by atoms with E-state index in [1.54, 1.807) is 6.92 Å². The largest absolute Gasteiger partial charge is 0.449 e. The van der Waals surface area contributed by atoms with Crippen LogP contribution in [0.25, 0.3) is 0 Å². The second-order valence-electron chi connectivity index (χ2n) is 3.15. The molecule has 0 radical (unpaired) electrons. The zero-order chi connectivity index (χ0) is 10.6. The minimum absolute atomic E-state index is 0.0495. The fraction of sp³-hybridized carbons (Fsp3) is 0.600. The Morgan fingerprint density at radius 2 is 2.36 bits per heavy atom. The van der Waals surface area contributed by atoms with Crippen molar-refractivity contribution in [1.29, 1.82) is 0 Å². The minimum Gasteiger partial charge on any atom is -0.449 e. The number of ether oxygens (including phenoxy) is 1. The van der Waals surface area contributed by atoms with Crippen molar-refractivity contribution in [3.8, 4) is 0 Å². The number of allylic oxidation sites excluding steroid dienone is 1. The van der Waals surface area contributed by atoms with Gasteiger partial charge in [-0.2, -0.15) is 0 Å². The molecule has 0 N–H and O–H groups in total. The van der Waals surface area contributed by atoms with Gasteiger partial charge in [0.05, 0.1) is 6.61 Å². The van der Waals surface area contributed by atoms with E-state index in [1.807, 2.05) is 6.92 Å². The number of nitrogens with zero attached hydrogens (tertiary/aromatic N) is 1. The highest BCUT2D eigenvalue weighted by atomic mass is 16.6. The molecule has 1 atom stereocenters. The molecule has 0 fully saturated rings. The zero-order valence-corrected chi connectivity index (χ0v) is 8.53. The molecule has 0 bridgehead atoms. The van der Waals surface area contributed by atoms with E-state index in [2.05, 4.69) is 0 Å². The van der Waals surface area contributed by atoms with Crippen molar-refractivity contribution in [3.63, 3.8) is 0 Å². The fourth-order valence-electron chi connectivity index (χ4n) is 1.43. The second kappa shape index (κ2) is 4.79. The molecule has 4 heteroatoms. The van der Waals surface area contributed by atoms with Crippen LogP contribution in [-0.2, 0) is 9.53 Å². The van der Waals surface area contributed by atoms with Crippen LogP contribution >= 0.6 is 0 Å². The van der Waals surface area contributed by atoms with Crippen LogP contribution < -0.4 is 0 Å². The topological polar surface area (TPSA) is 46.6 Å². The molecule has 0 aromatic rings. The summed E-state index contributed by atoms with van der Waals surface area (Å²) in [5.74, 6) is 0.0670. The van der Waals surface area contributed by atoms with Gasteiger partial charge < -0.3 is 4.74 Å². The van der Waals surface area contributed by atoms with Crippen molar-refractivity contribution < 1.29 is 14.3 Å². The first kappa shape index (κ1) is 10.8. The first-order valence-electron chi connectivity index (χ1n) is 4.85. The number of hydrogen-bond donors (Lipinski definition) is 0. The molecule has 78 valence electrons. The fourth-order valence-corrected chi connectivity index (χ4v) is 1.43. The van der Waals surface area contributed by atoms with Crippen molar-refractivity contribution in [2.75, 3.05) is 6.61 Å². The zero-order valence-electron chi connectivity index (χ0n) is 8.53. The molecule has 0 saturated heterocycles. The molecule has 1 aliphatic rings. The highest BCUT2D eigenvalue weighted by molar-refractivity contribution is 5.92. The molecule has 0 aliphatic carbocycles. The van der Waals surface area contributed by atoms with Crippen LogP contribution in [0.15, 0.2) is 12.3 Å². The molecular formula is C10H15NO3. The van der Waals surface area contributed by atoms with Gasteiger partial charge in [-0.1, -0.05) is 6.92 Å². The number of ketones is 1. The standard InChI is InChI=1S/C10H15NO3/c1-3-8-7-9(12)5-6-11(8)10(13)14-4-2/h5-6,8H,3-4,7H2,1-2H3/t8-/m1/s1. The normalized spacial score (nSPS) is 21.1. The summed E-state index contributed by atoms with van der Waals surface area (Å²) in [6.45, 7) is 4.06. The molecule has 0 spiro atoms. The average Bonchev–Trinajstić information content (AvgIpc) is 2.17. The lowest BCUT2D eigenvalue weighted by molar-refractivity contribution is -0.116. The van der Waals surface area contributed by atoms with Gasteiger partial charge in [0.25, 0.3) is 0 Å². The number of amides is 1. The van der Waals surface area contributed by atoms with E-state index >= 15 is 0 Å². The van der Waals surface area contributed by atoms with E-state index in [0.29, 0.717) is 13.0 Å². The molecular weight excluding hydrogens is 182 g/mol. The van der Waals surface area contributed by atoms with Crippen molar-refractivity contribution >= 4 is 11.9 Å². The molecule has 1 rings (SSSR count). The van der Waals surface area contributed by atoms with Crippen LogP contribution in [0.4, 0.5) is 4.79 Å². The van der Waals surface area contributed by atoms with Gasteiger partial charge in [-0.15, -0.1) is 0 Å². The van der Waals surface area contributed by atoms with E-state index in [0.717, 1.165) is 6.42 Å². The molecule has 1 amide bonds. The van der Waals surface area contributed by atoms with Crippen LogP contribution in [0.2, 0.25) is 0 Å². The number of carbonyl (C=O) groups is 2. The number of carbonyl (C=O) groups excluding carboxylic acids is 2. The Labute approximate surface area is 83.5 Å². The molecule has 0 aromatic heterocycles. The van der Waals surface area contributed by atoms with Crippen LogP contribution in [-0.4, -0.2) is 29.4 Å². The third kappa shape index (κ3) is 2.34. The van der Waals surface area contributed by atoms with Gasteiger partial charge in [0, 0.05) is 18.7 Å². The van der Waals surface area contributed by atoms with Gasteiger partial charge in [0.2, 0.25) is 0 Å². The molecule has 0 aromatic carbocycles. The van der Waals surface area contributed by atoms with Crippen molar-refractivity contribution in [1.82, 2.24) is 4.90 Å². The first-order chi connectivity index (χ1) is 6.69. The van der Waals surface area contributed by atoms with E-state index in [9.17, 15) is 9.59 Å². The summed E-state index contributed by atoms with van der Waals surface area (Å²) < 4.78 is 4.87. The van der Waals surface area contributed by atoms with E-state index < -0.39 is 0 Å². The lowest BCUT2D eigenvalue weighted by atomic mass is 10.0. The predicted octanol–water partition coefficient (Wildman–Crippen LogP) is 1.71. The monoisotopic (exact) mass is 197 g/mol. The Hall–Kier alpha value is -1.32. The van der Waals surface area contributed by atoms with E-state index in [4.69, 9.17) is 4.74 Å². The molecule has 14 heavy (non-hydrogen) atoms. The molecule has 1 aliphatic heterocycles. The van der Waals surface area contributed by atoms with Gasteiger partial charge in [-0.25, -0.2) is 4.79 Å². The summed E-state index contributed by atoms with van der Waals surface area (Å²) in [5.41, 5.74) is 0. The highest BCUT2D eigenvalue weighted by Gasteiger charge is 2.26. The smallest absolute Gasteiger partial charge is 0.414 e. The SMILES string of the molecule is CCOC(=O)N1C=CC(=O)C[C@H]1CC. The van der Waals surface area contributed by atoms with Gasteiger partial charge in [-0.05, 0) is 19.4 Å². The maximum absolute atomic E-state index is 11.4. The summed E-state index contributed by atoms with van der Waals surface area (Å²) in [7, 11) is 0. The predicted molar refractivity (Wildman–Crippen MR) is 51.7 cm³/mol. The average molecular weight is 197 g/mol. The summed E-state index contributed by atoms with van der Waals surface area (Å²) in [5, 5.41) is 0. The maximum Gasteiger partial charge on any atom is 0.414 e. The van der Waals surface area contributed by atoms with Gasteiger partial charge in [0.1, 0.15) is 0 Å². The second-order valence-corrected chi connectivity index (χ2v) is 3.15. The Bertz CT molecular complexity index is 260. The summed E-state index contributed by atoms with van der Waals surface area (Å²) >= 11 is 0. The van der Waals surface area contributed by atoms with Crippen LogP contribution in [0, 0.1) is 0 Å². The number of rotatable bonds is 2. The highest BCUT2D eigenvalue weighted by Crippen LogP contribution is 2.16. The maximum atomic E-state index is 11.4. The van der Waals surface area contributed by atoms with E-state index in [-0.39, 0.29) is 17.9 Å². The van der Waals surface area contributed by atoms with Crippen LogP contribution in [0.1, 0.15) is 26.7 Å². The van der Waals surface area contributed by atoms with Crippen molar-refractivity contribution in [2.45, 2.75) is 32.7 Å². The summed E-state index contributed by atoms with van der Waals surface area (Å²) in [6, 6.07) is -0.0495. The van der Waals surface area contributed by atoms with Gasteiger partial charge in [0.15, 0.2) is 5.78 Å². The van der Waals surface area contributed by atoms with E-state index in [1.165, 1.54) is 17.2 Å². The first-order valence-corrected chi connectivity index (χ1v) is 4.85. The van der Waals surface area contributed by atoms with Gasteiger partial charge >= 0.3 is 6.09 Å². The Balaban J connectivity index is 2.70. The molecule has 1 heterocycles. The van der Waals surface area contributed by atoms with Gasteiger partial charge in [-0.3, -0.25) is 9.69 Å². The summed E-state index contributed by atoms with van der Waals surface area (Å²) in [4.78, 5) is 24.0. The molecule has 0 saturated carbocycles. The third-order valence-corrected chi connectivity index (χ3v) is 2.20. The minimum atomic E-state index is -0.372. The lowest BCUT2D eigenvalue weighted by Crippen LogP contribution is -2.40. The lowest BCUT2D eigenvalue weighted by Gasteiger charge is -2.28.